The van der Waals surface area contributed by atoms with Gasteiger partial charge in [-0.2, -0.15) is 5.10 Å². The second-order valence-electron chi connectivity index (χ2n) is 6.19. The molecule has 1 aromatic carbocycles. The number of carbonyl (C=O) groups excluding carboxylic acids is 1. The Hall–Kier alpha value is -3.22. The number of amides is 1. The summed E-state index contributed by atoms with van der Waals surface area (Å²) in [6, 6.07) is 9.36. The Kier molecular flexibility index (Phi) is 5.26. The molecule has 0 saturated carbocycles. The first-order valence-electron chi connectivity index (χ1n) is 8.46. The molecule has 0 aliphatic rings. The number of benzene rings is 1. The number of aryl methyl sites for hydroxylation is 2. The van der Waals surface area contributed by atoms with Crippen LogP contribution in [0.5, 0.6) is 0 Å². The molecule has 1 atom stereocenters. The van der Waals surface area contributed by atoms with Gasteiger partial charge in [0, 0.05) is 23.6 Å². The van der Waals surface area contributed by atoms with Crippen molar-refractivity contribution in [3.8, 4) is 11.4 Å². The molecule has 2 heterocycles. The van der Waals surface area contributed by atoms with Crippen molar-refractivity contribution in [1.82, 2.24) is 25.5 Å². The number of rotatable bonds is 6. The van der Waals surface area contributed by atoms with Gasteiger partial charge in [0.15, 0.2) is 5.82 Å². The van der Waals surface area contributed by atoms with Crippen LogP contribution in [0.4, 0.5) is 5.69 Å². The van der Waals surface area contributed by atoms with Crippen LogP contribution in [0, 0.1) is 13.8 Å². The Labute approximate surface area is 152 Å². The Morgan fingerprint density at radius 2 is 1.85 bits per heavy atom. The summed E-state index contributed by atoms with van der Waals surface area (Å²) in [6.45, 7) is 6.17. The van der Waals surface area contributed by atoms with Crippen molar-refractivity contribution in [3.05, 3.63) is 59.7 Å². The highest BCUT2D eigenvalue weighted by Crippen LogP contribution is 2.20. The van der Waals surface area contributed by atoms with Gasteiger partial charge in [0.25, 0.3) is 0 Å². The van der Waals surface area contributed by atoms with Crippen molar-refractivity contribution >= 4 is 11.6 Å². The molecule has 0 bridgehead atoms. The zero-order valence-electron chi connectivity index (χ0n) is 15.1. The molecular formula is C19H22N6O. The number of aromatic nitrogens is 4. The maximum absolute atomic E-state index is 12.4. The molecule has 0 radical (unpaired) electrons. The van der Waals surface area contributed by atoms with Gasteiger partial charge in [-0.3, -0.25) is 14.9 Å². The van der Waals surface area contributed by atoms with E-state index in [0.717, 1.165) is 22.4 Å². The fourth-order valence-corrected chi connectivity index (χ4v) is 2.65. The number of nitrogens with zero attached hydrogens (tertiary/aromatic N) is 3. The summed E-state index contributed by atoms with van der Waals surface area (Å²) in [5.41, 5.74) is 4.09. The van der Waals surface area contributed by atoms with Gasteiger partial charge in [-0.05, 0) is 44.0 Å². The minimum Gasteiger partial charge on any atom is -0.373 e. The molecule has 7 heteroatoms. The van der Waals surface area contributed by atoms with Gasteiger partial charge in [0.05, 0.1) is 6.54 Å². The minimum absolute atomic E-state index is 0.102. The number of H-pyrrole nitrogens is 1. The van der Waals surface area contributed by atoms with Gasteiger partial charge in [0.1, 0.15) is 11.9 Å². The first-order valence-corrected chi connectivity index (χ1v) is 8.46. The van der Waals surface area contributed by atoms with Crippen molar-refractivity contribution in [2.24, 2.45) is 0 Å². The van der Waals surface area contributed by atoms with E-state index in [2.05, 4.69) is 30.8 Å². The zero-order chi connectivity index (χ0) is 18.5. The molecule has 0 fully saturated rings. The molecule has 0 aliphatic heterocycles. The molecule has 1 unspecified atom stereocenters. The number of carbonyl (C=O) groups is 1. The normalized spacial score (nSPS) is 11.8. The number of pyridine rings is 1. The largest absolute Gasteiger partial charge is 0.373 e. The van der Waals surface area contributed by atoms with E-state index < -0.39 is 0 Å². The average Bonchev–Trinajstić information content (AvgIpc) is 3.12. The standard InChI is InChI=1S/C19H22N6O/c1-12-5-4-6-13(2)17(12)22-14(3)19(26)21-11-16-23-18(25-24-16)15-7-9-20-10-8-15/h4-10,14,22H,11H2,1-3H3,(H,21,26)(H,23,24,25). The number of hydrogen-bond acceptors (Lipinski definition) is 5. The third-order valence-electron chi connectivity index (χ3n) is 4.14. The Bertz CT molecular complexity index is 870. The lowest BCUT2D eigenvalue weighted by Gasteiger charge is -2.18. The molecule has 134 valence electrons. The number of para-hydroxylation sites is 1. The van der Waals surface area contributed by atoms with E-state index in [0.29, 0.717) is 11.6 Å². The van der Waals surface area contributed by atoms with Crippen molar-refractivity contribution in [2.45, 2.75) is 33.4 Å². The second kappa shape index (κ2) is 7.77. The van der Waals surface area contributed by atoms with Crippen LogP contribution >= 0.6 is 0 Å². The molecular weight excluding hydrogens is 328 g/mol. The number of hydrogen-bond donors (Lipinski definition) is 3. The predicted octanol–water partition coefficient (Wildman–Crippen LogP) is 2.60. The van der Waals surface area contributed by atoms with Crippen LogP contribution in [0.1, 0.15) is 23.9 Å². The van der Waals surface area contributed by atoms with E-state index >= 15 is 0 Å². The highest BCUT2D eigenvalue weighted by molar-refractivity contribution is 5.84. The summed E-state index contributed by atoms with van der Waals surface area (Å²) < 4.78 is 0. The number of nitrogens with one attached hydrogen (secondary N) is 3. The summed E-state index contributed by atoms with van der Waals surface area (Å²) in [5.74, 6) is 1.08. The van der Waals surface area contributed by atoms with E-state index in [9.17, 15) is 4.79 Å². The van der Waals surface area contributed by atoms with E-state index in [1.807, 2.05) is 51.1 Å². The third kappa shape index (κ3) is 4.05. The fourth-order valence-electron chi connectivity index (χ4n) is 2.65. The summed E-state index contributed by atoms with van der Waals surface area (Å²) in [6.07, 6.45) is 3.38. The Balaban J connectivity index is 1.58. The third-order valence-corrected chi connectivity index (χ3v) is 4.14. The van der Waals surface area contributed by atoms with Crippen molar-refractivity contribution in [1.29, 1.82) is 0 Å². The van der Waals surface area contributed by atoms with Crippen LogP contribution in [-0.2, 0) is 11.3 Å². The lowest BCUT2D eigenvalue weighted by atomic mass is 10.1. The molecule has 3 rings (SSSR count). The van der Waals surface area contributed by atoms with E-state index in [-0.39, 0.29) is 18.5 Å². The maximum atomic E-state index is 12.4. The van der Waals surface area contributed by atoms with Gasteiger partial charge >= 0.3 is 0 Å². The second-order valence-corrected chi connectivity index (χ2v) is 6.19. The Morgan fingerprint density at radius 3 is 2.54 bits per heavy atom. The minimum atomic E-state index is -0.364. The quantitative estimate of drug-likeness (QED) is 0.635. The van der Waals surface area contributed by atoms with Gasteiger partial charge in [-0.25, -0.2) is 4.98 Å². The smallest absolute Gasteiger partial charge is 0.242 e. The molecule has 2 aromatic heterocycles. The average molecular weight is 350 g/mol. The van der Waals surface area contributed by atoms with Crippen molar-refractivity contribution < 1.29 is 4.79 Å². The Morgan fingerprint density at radius 1 is 1.15 bits per heavy atom. The van der Waals surface area contributed by atoms with E-state index in [1.165, 1.54) is 0 Å². The maximum Gasteiger partial charge on any atom is 0.242 e. The summed E-state index contributed by atoms with van der Waals surface area (Å²) >= 11 is 0. The zero-order valence-corrected chi connectivity index (χ0v) is 15.1. The van der Waals surface area contributed by atoms with Gasteiger partial charge in [0.2, 0.25) is 5.91 Å². The monoisotopic (exact) mass is 350 g/mol. The highest BCUT2D eigenvalue weighted by Gasteiger charge is 2.15. The lowest BCUT2D eigenvalue weighted by Crippen LogP contribution is -2.37. The molecule has 3 N–H and O–H groups in total. The number of anilines is 1. The fraction of sp³-hybridized carbons (Fsp3) is 0.263. The van der Waals surface area contributed by atoms with Crippen LogP contribution in [0.15, 0.2) is 42.7 Å². The van der Waals surface area contributed by atoms with Gasteiger partial charge in [-0.15, -0.1) is 0 Å². The molecule has 0 spiro atoms. The van der Waals surface area contributed by atoms with Crippen LogP contribution in [0.2, 0.25) is 0 Å². The summed E-state index contributed by atoms with van der Waals surface area (Å²) in [7, 11) is 0. The summed E-state index contributed by atoms with van der Waals surface area (Å²) in [4.78, 5) is 20.7. The molecule has 3 aromatic rings. The van der Waals surface area contributed by atoms with Gasteiger partial charge in [-0.1, -0.05) is 18.2 Å². The predicted molar refractivity (Wildman–Crippen MR) is 100 cm³/mol. The van der Waals surface area contributed by atoms with Crippen LogP contribution in [-0.4, -0.2) is 32.1 Å². The van der Waals surface area contributed by atoms with Crippen LogP contribution in [0.25, 0.3) is 11.4 Å². The molecule has 0 aliphatic carbocycles. The molecule has 1 amide bonds. The lowest BCUT2D eigenvalue weighted by molar-refractivity contribution is -0.121. The van der Waals surface area contributed by atoms with Crippen molar-refractivity contribution in [3.63, 3.8) is 0 Å². The van der Waals surface area contributed by atoms with Gasteiger partial charge < -0.3 is 10.6 Å². The van der Waals surface area contributed by atoms with Crippen LogP contribution < -0.4 is 10.6 Å². The van der Waals surface area contributed by atoms with E-state index in [1.54, 1.807) is 12.4 Å². The SMILES string of the molecule is Cc1cccc(C)c1NC(C)C(=O)NCc1nc(-c2ccncc2)n[nH]1. The number of aromatic amines is 1. The molecule has 26 heavy (non-hydrogen) atoms. The topological polar surface area (TPSA) is 95.6 Å². The molecule has 7 nitrogen and oxygen atoms in total. The van der Waals surface area contributed by atoms with Crippen LogP contribution in [0.3, 0.4) is 0 Å². The first-order chi connectivity index (χ1) is 12.5. The molecule has 0 saturated heterocycles. The highest BCUT2D eigenvalue weighted by atomic mass is 16.2. The van der Waals surface area contributed by atoms with Crippen molar-refractivity contribution in [2.75, 3.05) is 5.32 Å². The first kappa shape index (κ1) is 17.6. The summed E-state index contributed by atoms with van der Waals surface area (Å²) in [5, 5.41) is 13.2. The van der Waals surface area contributed by atoms with E-state index in [4.69, 9.17) is 0 Å².